The minimum absolute atomic E-state index is 0.387. The number of nitrogens with zero attached hydrogens (tertiary/aromatic N) is 1. The van der Waals surface area contributed by atoms with E-state index < -0.39 is 5.97 Å². The predicted molar refractivity (Wildman–Crippen MR) is 46.8 cm³/mol. The van der Waals surface area contributed by atoms with Crippen molar-refractivity contribution < 1.29 is 9.90 Å². The summed E-state index contributed by atoms with van der Waals surface area (Å²) in [4.78, 5) is 10.5. The first-order chi connectivity index (χ1) is 5.61. The van der Waals surface area contributed by atoms with Crippen LogP contribution in [0.2, 0.25) is 0 Å². The van der Waals surface area contributed by atoms with Crippen molar-refractivity contribution in [1.82, 2.24) is 10.2 Å². The van der Waals surface area contributed by atoms with E-state index in [0.29, 0.717) is 6.42 Å². The van der Waals surface area contributed by atoms with E-state index in [-0.39, 0.29) is 5.92 Å². The van der Waals surface area contributed by atoms with Crippen molar-refractivity contribution in [3.63, 3.8) is 0 Å². The number of aliphatic carboxylic acids is 1. The SMILES string of the molecule is CC(Cc1[nH]ncc1Br)C(=O)O. The molecule has 12 heavy (non-hydrogen) atoms. The molecule has 0 bridgehead atoms. The smallest absolute Gasteiger partial charge is 0.306 e. The number of aromatic nitrogens is 2. The molecule has 0 aliphatic carbocycles. The van der Waals surface area contributed by atoms with Crippen LogP contribution in [-0.4, -0.2) is 21.3 Å². The second-order valence-electron chi connectivity index (χ2n) is 2.64. The second-order valence-corrected chi connectivity index (χ2v) is 3.49. The van der Waals surface area contributed by atoms with Crippen LogP contribution in [0.4, 0.5) is 0 Å². The Morgan fingerprint density at radius 2 is 2.58 bits per heavy atom. The van der Waals surface area contributed by atoms with Gasteiger partial charge in [-0.15, -0.1) is 0 Å². The summed E-state index contributed by atoms with van der Waals surface area (Å²) in [6, 6.07) is 0. The first kappa shape index (κ1) is 9.25. The molecule has 0 saturated carbocycles. The number of hydrogen-bond donors (Lipinski definition) is 2. The fraction of sp³-hybridized carbons (Fsp3) is 0.429. The molecule has 5 heteroatoms. The van der Waals surface area contributed by atoms with E-state index in [4.69, 9.17) is 5.11 Å². The highest BCUT2D eigenvalue weighted by atomic mass is 79.9. The molecule has 0 aromatic carbocycles. The van der Waals surface area contributed by atoms with Crippen molar-refractivity contribution in [3.05, 3.63) is 16.4 Å². The molecule has 0 saturated heterocycles. The first-order valence-corrected chi connectivity index (χ1v) is 4.31. The molecule has 1 aromatic heterocycles. The predicted octanol–water partition coefficient (Wildman–Crippen LogP) is 1.44. The number of rotatable bonds is 3. The van der Waals surface area contributed by atoms with Gasteiger partial charge < -0.3 is 5.11 Å². The monoisotopic (exact) mass is 232 g/mol. The van der Waals surface area contributed by atoms with Crippen LogP contribution in [0.3, 0.4) is 0 Å². The van der Waals surface area contributed by atoms with Gasteiger partial charge >= 0.3 is 5.97 Å². The zero-order valence-corrected chi connectivity index (χ0v) is 8.13. The molecule has 0 aliphatic rings. The number of nitrogens with one attached hydrogen (secondary N) is 1. The minimum Gasteiger partial charge on any atom is -0.481 e. The van der Waals surface area contributed by atoms with E-state index in [1.54, 1.807) is 13.1 Å². The van der Waals surface area contributed by atoms with Crippen molar-refractivity contribution >= 4 is 21.9 Å². The van der Waals surface area contributed by atoms with Crippen LogP contribution < -0.4 is 0 Å². The highest BCUT2D eigenvalue weighted by Crippen LogP contribution is 2.16. The Bertz CT molecular complexity index is 285. The summed E-state index contributed by atoms with van der Waals surface area (Å²) in [5.41, 5.74) is 0.824. The third kappa shape index (κ3) is 2.07. The molecule has 0 aliphatic heterocycles. The number of carboxylic acids is 1. The fourth-order valence-electron chi connectivity index (χ4n) is 0.835. The molecule has 1 atom stereocenters. The molecule has 0 amide bonds. The number of hydrogen-bond acceptors (Lipinski definition) is 2. The third-order valence-electron chi connectivity index (χ3n) is 1.60. The largest absolute Gasteiger partial charge is 0.481 e. The molecule has 4 nitrogen and oxygen atoms in total. The zero-order chi connectivity index (χ0) is 9.14. The van der Waals surface area contributed by atoms with Gasteiger partial charge in [-0.1, -0.05) is 6.92 Å². The van der Waals surface area contributed by atoms with Gasteiger partial charge in [-0.3, -0.25) is 9.89 Å². The van der Waals surface area contributed by atoms with Crippen LogP contribution in [0.1, 0.15) is 12.6 Å². The van der Waals surface area contributed by atoms with Crippen molar-refractivity contribution in [1.29, 1.82) is 0 Å². The summed E-state index contributed by atoms with van der Waals surface area (Å²) < 4.78 is 0.829. The Balaban J connectivity index is 2.64. The molecular formula is C7H9BrN2O2. The fourth-order valence-corrected chi connectivity index (χ4v) is 1.19. The van der Waals surface area contributed by atoms with E-state index in [2.05, 4.69) is 26.1 Å². The van der Waals surface area contributed by atoms with E-state index >= 15 is 0 Å². The molecule has 1 aromatic rings. The highest BCUT2D eigenvalue weighted by Gasteiger charge is 2.14. The second kappa shape index (κ2) is 3.71. The average Bonchev–Trinajstić information content (AvgIpc) is 2.36. The van der Waals surface area contributed by atoms with Crippen LogP contribution in [0.15, 0.2) is 10.7 Å². The van der Waals surface area contributed by atoms with Crippen molar-refractivity contribution in [2.45, 2.75) is 13.3 Å². The van der Waals surface area contributed by atoms with Gasteiger partial charge in [-0.25, -0.2) is 0 Å². The minimum atomic E-state index is -0.795. The maximum atomic E-state index is 10.5. The number of carboxylic acid groups (broad SMARTS) is 1. The van der Waals surface area contributed by atoms with Crippen LogP contribution in [0, 0.1) is 5.92 Å². The summed E-state index contributed by atoms with van der Waals surface area (Å²) >= 11 is 3.26. The molecule has 0 fully saturated rings. The maximum Gasteiger partial charge on any atom is 0.306 e. The Kier molecular flexibility index (Phi) is 2.86. The lowest BCUT2D eigenvalue weighted by molar-refractivity contribution is -0.141. The van der Waals surface area contributed by atoms with Crippen molar-refractivity contribution in [2.75, 3.05) is 0 Å². The van der Waals surface area contributed by atoms with Gasteiger partial charge in [-0.2, -0.15) is 5.10 Å². The lowest BCUT2D eigenvalue weighted by atomic mass is 10.1. The first-order valence-electron chi connectivity index (χ1n) is 3.52. The van der Waals surface area contributed by atoms with E-state index in [1.807, 2.05) is 0 Å². The van der Waals surface area contributed by atoms with Crippen LogP contribution in [0.25, 0.3) is 0 Å². The number of carbonyl (C=O) groups is 1. The lowest BCUT2D eigenvalue weighted by Crippen LogP contribution is -2.12. The summed E-state index contributed by atoms with van der Waals surface area (Å²) in [6.07, 6.45) is 2.08. The normalized spacial score (nSPS) is 12.8. The zero-order valence-electron chi connectivity index (χ0n) is 6.54. The summed E-state index contributed by atoms with van der Waals surface area (Å²) in [5, 5.41) is 15.1. The quantitative estimate of drug-likeness (QED) is 0.829. The summed E-state index contributed by atoms with van der Waals surface area (Å²) in [7, 11) is 0. The molecule has 1 rings (SSSR count). The molecular weight excluding hydrogens is 224 g/mol. The molecule has 0 spiro atoms. The molecule has 66 valence electrons. The molecule has 1 heterocycles. The highest BCUT2D eigenvalue weighted by molar-refractivity contribution is 9.10. The molecule has 2 N–H and O–H groups in total. The van der Waals surface area contributed by atoms with Gasteiger partial charge in [0.1, 0.15) is 0 Å². The van der Waals surface area contributed by atoms with Crippen LogP contribution in [0.5, 0.6) is 0 Å². The maximum absolute atomic E-state index is 10.5. The molecule has 0 radical (unpaired) electrons. The van der Waals surface area contributed by atoms with Crippen molar-refractivity contribution in [2.24, 2.45) is 5.92 Å². The Morgan fingerprint density at radius 1 is 1.92 bits per heavy atom. The Labute approximate surface area is 78.1 Å². The number of H-pyrrole nitrogens is 1. The van der Waals surface area contributed by atoms with Crippen molar-refractivity contribution in [3.8, 4) is 0 Å². The van der Waals surface area contributed by atoms with Gasteiger partial charge in [0.15, 0.2) is 0 Å². The summed E-state index contributed by atoms with van der Waals surface area (Å²) in [6.45, 7) is 1.66. The van der Waals surface area contributed by atoms with E-state index in [0.717, 1.165) is 10.2 Å². The topological polar surface area (TPSA) is 66.0 Å². The van der Waals surface area contributed by atoms with Gasteiger partial charge in [0.25, 0.3) is 0 Å². The van der Waals surface area contributed by atoms with Gasteiger partial charge in [0.2, 0.25) is 0 Å². The average molecular weight is 233 g/mol. The van der Waals surface area contributed by atoms with E-state index in [1.165, 1.54) is 0 Å². The Morgan fingerprint density at radius 3 is 3.00 bits per heavy atom. The van der Waals surface area contributed by atoms with Gasteiger partial charge in [0.05, 0.1) is 22.3 Å². The van der Waals surface area contributed by atoms with E-state index in [9.17, 15) is 4.79 Å². The van der Waals surface area contributed by atoms with Crippen LogP contribution in [-0.2, 0) is 11.2 Å². The van der Waals surface area contributed by atoms with Gasteiger partial charge in [0, 0.05) is 6.42 Å². The lowest BCUT2D eigenvalue weighted by Gasteiger charge is -2.03. The van der Waals surface area contributed by atoms with Crippen LogP contribution >= 0.6 is 15.9 Å². The van der Waals surface area contributed by atoms with Gasteiger partial charge in [-0.05, 0) is 15.9 Å². The number of aromatic amines is 1. The summed E-state index contributed by atoms with van der Waals surface area (Å²) in [5.74, 6) is -1.18. The Hall–Kier alpha value is -0.840. The number of halogens is 1. The standard InChI is InChI=1S/C7H9BrN2O2/c1-4(7(11)12)2-6-5(8)3-9-10-6/h3-4H,2H2,1H3,(H,9,10)(H,11,12). The molecule has 1 unspecified atom stereocenters. The third-order valence-corrected chi connectivity index (χ3v) is 2.28.